The van der Waals surface area contributed by atoms with E-state index in [1.807, 2.05) is 0 Å². The quantitative estimate of drug-likeness (QED) is 0.473. The molecule has 0 spiro atoms. The summed E-state index contributed by atoms with van der Waals surface area (Å²) in [7, 11) is 0. The van der Waals surface area contributed by atoms with E-state index in [1.54, 1.807) is 0 Å². The minimum absolute atomic E-state index is 0.472. The molecule has 0 N–H and O–H groups in total. The lowest BCUT2D eigenvalue weighted by atomic mass is 9.78. The molecule has 1 aliphatic carbocycles. The first-order chi connectivity index (χ1) is 7.27. The van der Waals surface area contributed by atoms with Gasteiger partial charge in [-0.05, 0) is 55.4 Å². The molecule has 0 heterocycles. The van der Waals surface area contributed by atoms with E-state index in [2.05, 4.69) is 25.6 Å². The largest absolute Gasteiger partial charge is 0.162 e. The zero-order valence-electron chi connectivity index (χ0n) is 10.2. The SMILES string of the molecule is CCSCCCC1CC(CC)CCC1Cl. The Bertz CT molecular complexity index is 161. The van der Waals surface area contributed by atoms with Gasteiger partial charge in [-0.25, -0.2) is 0 Å². The van der Waals surface area contributed by atoms with Crippen molar-refractivity contribution >= 4 is 23.4 Å². The van der Waals surface area contributed by atoms with E-state index in [0.717, 1.165) is 11.8 Å². The smallest absolute Gasteiger partial charge is 0.0364 e. The van der Waals surface area contributed by atoms with Gasteiger partial charge < -0.3 is 0 Å². The number of halogens is 1. The summed E-state index contributed by atoms with van der Waals surface area (Å²) >= 11 is 8.47. The third kappa shape index (κ3) is 4.99. The highest BCUT2D eigenvalue weighted by atomic mass is 35.5. The Morgan fingerprint density at radius 1 is 1.27 bits per heavy atom. The molecule has 3 unspecified atom stereocenters. The van der Waals surface area contributed by atoms with Crippen molar-refractivity contribution in [2.75, 3.05) is 11.5 Å². The van der Waals surface area contributed by atoms with E-state index in [-0.39, 0.29) is 0 Å². The van der Waals surface area contributed by atoms with Crippen molar-refractivity contribution in [3.63, 3.8) is 0 Å². The van der Waals surface area contributed by atoms with Gasteiger partial charge >= 0.3 is 0 Å². The van der Waals surface area contributed by atoms with Crippen LogP contribution >= 0.6 is 23.4 Å². The van der Waals surface area contributed by atoms with E-state index in [1.165, 1.54) is 50.0 Å². The van der Waals surface area contributed by atoms with E-state index in [4.69, 9.17) is 11.6 Å². The highest BCUT2D eigenvalue weighted by Gasteiger charge is 2.27. The maximum Gasteiger partial charge on any atom is 0.0364 e. The van der Waals surface area contributed by atoms with Crippen molar-refractivity contribution in [2.45, 2.75) is 57.7 Å². The Balaban J connectivity index is 2.19. The minimum Gasteiger partial charge on any atom is -0.162 e. The van der Waals surface area contributed by atoms with Crippen LogP contribution in [-0.2, 0) is 0 Å². The molecule has 1 saturated carbocycles. The molecule has 0 aromatic rings. The second kappa shape index (κ2) is 7.84. The monoisotopic (exact) mass is 248 g/mol. The van der Waals surface area contributed by atoms with Crippen LogP contribution in [0.15, 0.2) is 0 Å². The van der Waals surface area contributed by atoms with E-state index in [0.29, 0.717) is 5.38 Å². The normalized spacial score (nSPS) is 31.8. The van der Waals surface area contributed by atoms with Crippen molar-refractivity contribution in [3.8, 4) is 0 Å². The average Bonchev–Trinajstić information content (AvgIpc) is 2.26. The van der Waals surface area contributed by atoms with Crippen LogP contribution in [-0.4, -0.2) is 16.9 Å². The number of hydrogen-bond donors (Lipinski definition) is 0. The Labute approximate surface area is 105 Å². The number of hydrogen-bond acceptors (Lipinski definition) is 1. The van der Waals surface area contributed by atoms with Crippen molar-refractivity contribution in [2.24, 2.45) is 11.8 Å². The molecule has 1 fully saturated rings. The number of rotatable bonds is 6. The predicted octanol–water partition coefficient (Wildman–Crippen LogP) is 4.95. The fourth-order valence-electron chi connectivity index (χ4n) is 2.59. The molecule has 0 aromatic heterocycles. The van der Waals surface area contributed by atoms with Gasteiger partial charge in [0.2, 0.25) is 0 Å². The van der Waals surface area contributed by atoms with Gasteiger partial charge in [0.15, 0.2) is 0 Å². The highest BCUT2D eigenvalue weighted by Crippen LogP contribution is 2.36. The molecule has 1 aliphatic rings. The van der Waals surface area contributed by atoms with Crippen LogP contribution in [0.1, 0.15) is 52.4 Å². The van der Waals surface area contributed by atoms with Gasteiger partial charge in [0.05, 0.1) is 0 Å². The molecule has 0 amide bonds. The summed E-state index contributed by atoms with van der Waals surface area (Å²) in [5, 5.41) is 0.472. The summed E-state index contributed by atoms with van der Waals surface area (Å²) in [4.78, 5) is 0. The highest BCUT2D eigenvalue weighted by molar-refractivity contribution is 7.99. The summed E-state index contributed by atoms with van der Waals surface area (Å²) in [6.45, 7) is 4.56. The van der Waals surface area contributed by atoms with E-state index in [9.17, 15) is 0 Å². The molecule has 0 saturated heterocycles. The van der Waals surface area contributed by atoms with Gasteiger partial charge in [0.25, 0.3) is 0 Å². The van der Waals surface area contributed by atoms with Gasteiger partial charge in [0.1, 0.15) is 0 Å². The molecule has 90 valence electrons. The van der Waals surface area contributed by atoms with Gasteiger partial charge in [-0.1, -0.05) is 20.3 Å². The molecule has 0 nitrogen and oxygen atoms in total. The summed E-state index contributed by atoms with van der Waals surface area (Å²) < 4.78 is 0. The first kappa shape index (κ1) is 13.7. The Kier molecular flexibility index (Phi) is 7.16. The zero-order chi connectivity index (χ0) is 11.1. The Morgan fingerprint density at radius 3 is 2.73 bits per heavy atom. The summed E-state index contributed by atoms with van der Waals surface area (Å²) in [5.74, 6) is 4.35. The van der Waals surface area contributed by atoms with Crippen LogP contribution in [0.2, 0.25) is 0 Å². The summed E-state index contributed by atoms with van der Waals surface area (Å²) in [6.07, 6.45) is 8.09. The van der Waals surface area contributed by atoms with Crippen LogP contribution in [0.4, 0.5) is 0 Å². The number of thioether (sulfide) groups is 1. The lowest BCUT2D eigenvalue weighted by Gasteiger charge is -2.32. The summed E-state index contributed by atoms with van der Waals surface area (Å²) in [5.41, 5.74) is 0. The van der Waals surface area contributed by atoms with Crippen LogP contribution in [0.3, 0.4) is 0 Å². The molecule has 0 bridgehead atoms. The van der Waals surface area contributed by atoms with Crippen molar-refractivity contribution in [3.05, 3.63) is 0 Å². The summed E-state index contributed by atoms with van der Waals surface area (Å²) in [6, 6.07) is 0. The molecule has 0 radical (unpaired) electrons. The molecule has 0 aliphatic heterocycles. The fourth-order valence-corrected chi connectivity index (χ4v) is 3.60. The van der Waals surface area contributed by atoms with Crippen molar-refractivity contribution in [1.82, 2.24) is 0 Å². The molecule has 3 atom stereocenters. The van der Waals surface area contributed by atoms with E-state index >= 15 is 0 Å². The molecule has 0 aromatic carbocycles. The predicted molar refractivity (Wildman–Crippen MR) is 73.0 cm³/mol. The van der Waals surface area contributed by atoms with Gasteiger partial charge in [-0.15, -0.1) is 11.6 Å². The van der Waals surface area contributed by atoms with Crippen molar-refractivity contribution < 1.29 is 0 Å². The second-order valence-electron chi connectivity index (χ2n) is 4.70. The molecule has 1 rings (SSSR count). The van der Waals surface area contributed by atoms with Gasteiger partial charge in [0, 0.05) is 5.38 Å². The first-order valence-corrected chi connectivity index (χ1v) is 8.08. The molecule has 2 heteroatoms. The number of alkyl halides is 1. The van der Waals surface area contributed by atoms with Gasteiger partial charge in [-0.3, -0.25) is 0 Å². The third-order valence-corrected chi connectivity index (χ3v) is 5.20. The van der Waals surface area contributed by atoms with E-state index < -0.39 is 0 Å². The molecular weight excluding hydrogens is 224 g/mol. The third-order valence-electron chi connectivity index (χ3n) is 3.64. The van der Waals surface area contributed by atoms with Crippen molar-refractivity contribution in [1.29, 1.82) is 0 Å². The maximum absolute atomic E-state index is 6.41. The molecular formula is C13H25ClS. The lowest BCUT2D eigenvalue weighted by Crippen LogP contribution is -2.25. The van der Waals surface area contributed by atoms with Gasteiger partial charge in [-0.2, -0.15) is 11.8 Å². The Hall–Kier alpha value is 0.640. The molecule has 15 heavy (non-hydrogen) atoms. The average molecular weight is 249 g/mol. The lowest BCUT2D eigenvalue weighted by molar-refractivity contribution is 0.254. The minimum atomic E-state index is 0.472. The van der Waals surface area contributed by atoms with Crippen LogP contribution < -0.4 is 0 Å². The first-order valence-electron chi connectivity index (χ1n) is 6.49. The zero-order valence-corrected chi connectivity index (χ0v) is 11.7. The second-order valence-corrected chi connectivity index (χ2v) is 6.66. The van der Waals surface area contributed by atoms with Crippen LogP contribution in [0.5, 0.6) is 0 Å². The van der Waals surface area contributed by atoms with Crippen LogP contribution in [0, 0.1) is 11.8 Å². The fraction of sp³-hybridized carbons (Fsp3) is 1.00. The Morgan fingerprint density at radius 2 is 2.07 bits per heavy atom. The standard InChI is InChI=1S/C13H25ClS/c1-3-11-7-8-13(14)12(10-11)6-5-9-15-4-2/h11-13H,3-10H2,1-2H3. The maximum atomic E-state index is 6.41. The van der Waals surface area contributed by atoms with Crippen LogP contribution in [0.25, 0.3) is 0 Å². The topological polar surface area (TPSA) is 0 Å².